The number of nitrogens with zero attached hydrogens (tertiary/aromatic N) is 3. The number of carbonyl (C=O) groups excluding carboxylic acids is 4. The van der Waals surface area contributed by atoms with Crippen molar-refractivity contribution in [1.29, 1.82) is 0 Å². The molecule has 290 valence electrons. The number of ether oxygens (including phenoxy) is 3. The minimum atomic E-state index is -1.23. The maximum atomic E-state index is 14.1. The summed E-state index contributed by atoms with van der Waals surface area (Å²) in [6, 6.07) is 25.7. The lowest BCUT2D eigenvalue weighted by molar-refractivity contribution is -0.160. The Hall–Kier alpha value is -4.51. The van der Waals surface area contributed by atoms with Gasteiger partial charge in [0.15, 0.2) is 17.6 Å². The second kappa shape index (κ2) is 19.1. The maximum Gasteiger partial charge on any atom is 0.355 e. The third kappa shape index (κ3) is 9.53. The number of ketones is 1. The predicted molar refractivity (Wildman–Crippen MR) is 224 cm³/mol. The number of hydrogen-bond donors (Lipinski definition) is 0. The van der Waals surface area contributed by atoms with Crippen LogP contribution in [0.5, 0.6) is 5.75 Å². The summed E-state index contributed by atoms with van der Waals surface area (Å²) in [5.41, 5.74) is 2.95. The molecule has 1 aromatic heterocycles. The zero-order chi connectivity index (χ0) is 39.8. The highest BCUT2D eigenvalue weighted by atomic mass is 127. The molecule has 1 amide bonds. The van der Waals surface area contributed by atoms with Gasteiger partial charge >= 0.3 is 11.9 Å². The number of fused-ring (bicyclic) bond motifs is 1. The van der Waals surface area contributed by atoms with Crippen molar-refractivity contribution < 1.29 is 38.2 Å². The number of aromatic nitrogens is 1. The zero-order valence-corrected chi connectivity index (χ0v) is 35.1. The minimum absolute atomic E-state index is 0.00383. The van der Waals surface area contributed by atoms with Gasteiger partial charge in [0.25, 0.3) is 0 Å². The monoisotopic (exact) mass is 925 g/mol. The number of thiazole rings is 1. The molecule has 3 atom stereocenters. The number of aryl methyl sites for hydroxylation is 1. The van der Waals surface area contributed by atoms with Crippen LogP contribution in [-0.2, 0) is 40.1 Å². The molecular weight excluding hydrogens is 889 g/mol. The normalized spacial score (nSPS) is 17.4. The molecule has 0 bridgehead atoms. The summed E-state index contributed by atoms with van der Waals surface area (Å²) >= 11 is 11.3. The van der Waals surface area contributed by atoms with Gasteiger partial charge in [-0.15, -0.1) is 23.1 Å². The number of oxime groups is 1. The number of hydrogen-bond acceptors (Lipinski definition) is 12. The van der Waals surface area contributed by atoms with Crippen LogP contribution < -0.4 is 4.74 Å². The standard InChI is InChI=1S/C41H37ClIN3O8S2/c1-24(40(49)53-36(27-11-6-4-7-12-27)28-13-8-5-9-14-28)54-45-33(34-37(42)56-25(2)44-34)32(47)21-31-38(48)46-35(29(15-10-20-43)23-55-39(31)46)41(50)52-22-26-16-18-30(51-3)19-17-26/h4-19,24,31,36,39H,20-23H2,1-3H3/b15-10+,45-33+/t24-,31+,39?/m0/s1. The Labute approximate surface area is 351 Å². The number of methoxy groups -OCH3 is 1. The number of esters is 2. The lowest BCUT2D eigenvalue weighted by Gasteiger charge is -2.49. The summed E-state index contributed by atoms with van der Waals surface area (Å²) in [5, 5.41) is 4.20. The number of benzene rings is 3. The number of β-lactam (4-membered cyclic amide) rings is 1. The molecule has 1 unspecified atom stereocenters. The molecule has 56 heavy (non-hydrogen) atoms. The number of Topliss-reactive ketones (excluding diaryl/α,β-unsaturated/α-hetero) is 1. The Kier molecular flexibility index (Phi) is 14.0. The SMILES string of the molecule is COc1ccc(COC(=O)C2=C(/C=C/CI)CSC3[C@H](CC(=O)/C(=N\O[C@@H](C)C(=O)OC(c4ccccc4)c4ccccc4)c4nc(C)sc4Cl)C(=O)N23)cc1. The van der Waals surface area contributed by atoms with Crippen molar-refractivity contribution in [3.05, 3.63) is 140 Å². The molecule has 2 aliphatic rings. The predicted octanol–water partition coefficient (Wildman–Crippen LogP) is 8.03. The number of allylic oxidation sites excluding steroid dienone is 2. The van der Waals surface area contributed by atoms with Gasteiger partial charge in [-0.1, -0.05) is 124 Å². The van der Waals surface area contributed by atoms with Crippen molar-refractivity contribution in [2.75, 3.05) is 17.3 Å². The van der Waals surface area contributed by atoms with E-state index in [1.807, 2.05) is 72.8 Å². The fourth-order valence-corrected chi connectivity index (χ4v) is 8.81. The topological polar surface area (TPSA) is 134 Å². The number of thioether (sulfide) groups is 1. The molecule has 2 aliphatic heterocycles. The lowest BCUT2D eigenvalue weighted by atomic mass is 9.89. The molecule has 0 aliphatic carbocycles. The molecular formula is C41H37ClIN3O8S2. The highest BCUT2D eigenvalue weighted by molar-refractivity contribution is 14.1. The molecule has 0 saturated carbocycles. The Morgan fingerprint density at radius 1 is 1.04 bits per heavy atom. The molecule has 1 fully saturated rings. The third-order valence-corrected chi connectivity index (χ3v) is 11.9. The second-order valence-electron chi connectivity index (χ2n) is 12.7. The van der Waals surface area contributed by atoms with E-state index in [0.29, 0.717) is 26.5 Å². The maximum absolute atomic E-state index is 14.1. The van der Waals surface area contributed by atoms with Gasteiger partial charge in [-0.05, 0) is 48.2 Å². The first kappa shape index (κ1) is 41.1. The first-order chi connectivity index (χ1) is 27.1. The van der Waals surface area contributed by atoms with Gasteiger partial charge in [0, 0.05) is 16.6 Å². The first-order valence-electron chi connectivity index (χ1n) is 17.5. The molecule has 6 rings (SSSR count). The number of carbonyl (C=O) groups is 4. The molecule has 11 nitrogen and oxygen atoms in total. The highest BCUT2D eigenvalue weighted by Gasteiger charge is 2.54. The number of rotatable bonds is 16. The van der Waals surface area contributed by atoms with Crippen LogP contribution in [-0.4, -0.2) is 68.0 Å². The van der Waals surface area contributed by atoms with E-state index in [0.717, 1.165) is 28.0 Å². The Bertz CT molecular complexity index is 2120. The van der Waals surface area contributed by atoms with E-state index in [2.05, 4.69) is 32.7 Å². The minimum Gasteiger partial charge on any atom is -0.497 e. The second-order valence-corrected chi connectivity index (χ2v) is 16.5. The van der Waals surface area contributed by atoms with E-state index in [4.69, 9.17) is 30.6 Å². The van der Waals surface area contributed by atoms with E-state index in [1.165, 1.54) is 23.6 Å². The molecule has 0 spiro atoms. The summed E-state index contributed by atoms with van der Waals surface area (Å²) in [6.45, 7) is 3.19. The van der Waals surface area contributed by atoms with Crippen molar-refractivity contribution in [3.8, 4) is 5.75 Å². The van der Waals surface area contributed by atoms with Crippen LogP contribution in [0.25, 0.3) is 0 Å². The molecule has 0 radical (unpaired) electrons. The van der Waals surface area contributed by atoms with Gasteiger partial charge in [0.2, 0.25) is 12.0 Å². The van der Waals surface area contributed by atoms with Crippen LogP contribution >= 0.6 is 57.3 Å². The molecule has 15 heteroatoms. The van der Waals surface area contributed by atoms with E-state index in [1.54, 1.807) is 38.3 Å². The fraction of sp³-hybridized carbons (Fsp3) is 0.268. The molecule has 0 N–H and O–H groups in total. The highest BCUT2D eigenvalue weighted by Crippen LogP contribution is 2.46. The first-order valence-corrected chi connectivity index (χ1v) is 21.3. The van der Waals surface area contributed by atoms with E-state index in [9.17, 15) is 19.2 Å². The summed E-state index contributed by atoms with van der Waals surface area (Å²) < 4.78 is 17.7. The summed E-state index contributed by atoms with van der Waals surface area (Å²) in [5.74, 6) is -2.01. The molecule has 3 heterocycles. The van der Waals surface area contributed by atoms with Crippen LogP contribution in [0, 0.1) is 12.8 Å². The van der Waals surface area contributed by atoms with Gasteiger partial charge in [-0.2, -0.15) is 0 Å². The van der Waals surface area contributed by atoms with Crippen molar-refractivity contribution in [1.82, 2.24) is 9.88 Å². The van der Waals surface area contributed by atoms with Crippen LogP contribution in [0.15, 0.2) is 114 Å². The molecule has 1 saturated heterocycles. The van der Waals surface area contributed by atoms with E-state index < -0.39 is 47.1 Å². The average molecular weight is 926 g/mol. The Balaban J connectivity index is 1.18. The van der Waals surface area contributed by atoms with Gasteiger partial charge in [0.05, 0.1) is 23.4 Å². The smallest absolute Gasteiger partial charge is 0.355 e. The number of alkyl halides is 1. The summed E-state index contributed by atoms with van der Waals surface area (Å²) in [4.78, 5) is 66.4. The molecule has 4 aromatic rings. The quantitative estimate of drug-likeness (QED) is 0.0272. The third-order valence-electron chi connectivity index (χ3n) is 8.90. The average Bonchev–Trinajstić information content (AvgIpc) is 3.56. The Morgan fingerprint density at radius 2 is 1.70 bits per heavy atom. The van der Waals surface area contributed by atoms with Crippen LogP contribution in [0.3, 0.4) is 0 Å². The number of amides is 1. The van der Waals surface area contributed by atoms with Crippen LogP contribution in [0.2, 0.25) is 4.34 Å². The van der Waals surface area contributed by atoms with Gasteiger partial charge in [-0.25, -0.2) is 14.6 Å². The lowest BCUT2D eigenvalue weighted by Crippen LogP contribution is -2.62. The molecule has 3 aromatic carbocycles. The van der Waals surface area contributed by atoms with Gasteiger partial charge in [0.1, 0.15) is 28.1 Å². The number of halogens is 2. The summed E-state index contributed by atoms with van der Waals surface area (Å²) in [7, 11) is 1.57. The summed E-state index contributed by atoms with van der Waals surface area (Å²) in [6.07, 6.45) is 1.52. The van der Waals surface area contributed by atoms with Crippen molar-refractivity contribution in [3.63, 3.8) is 0 Å². The van der Waals surface area contributed by atoms with Gasteiger partial charge < -0.3 is 19.0 Å². The van der Waals surface area contributed by atoms with Crippen molar-refractivity contribution in [2.24, 2.45) is 11.1 Å². The Morgan fingerprint density at radius 3 is 2.29 bits per heavy atom. The fourth-order valence-electron chi connectivity index (χ4n) is 6.06. The van der Waals surface area contributed by atoms with Crippen molar-refractivity contribution >= 4 is 86.6 Å². The zero-order valence-electron chi connectivity index (χ0n) is 30.6. The largest absolute Gasteiger partial charge is 0.497 e. The van der Waals surface area contributed by atoms with Gasteiger partial charge in [-0.3, -0.25) is 14.5 Å². The van der Waals surface area contributed by atoms with E-state index >= 15 is 0 Å². The van der Waals surface area contributed by atoms with Crippen LogP contribution in [0.1, 0.15) is 46.8 Å². The van der Waals surface area contributed by atoms with Crippen molar-refractivity contribution in [2.45, 2.75) is 44.5 Å². The van der Waals surface area contributed by atoms with Crippen LogP contribution in [0.4, 0.5) is 0 Å². The van der Waals surface area contributed by atoms with E-state index in [-0.39, 0.29) is 34.5 Å².